The van der Waals surface area contributed by atoms with Crippen molar-refractivity contribution in [2.24, 2.45) is 11.5 Å². The molecule has 2 rings (SSSR count). The fourth-order valence-corrected chi connectivity index (χ4v) is 4.45. The lowest BCUT2D eigenvalue weighted by Gasteiger charge is -2.24. The van der Waals surface area contributed by atoms with Crippen LogP contribution in [-0.2, 0) is 19.2 Å². The molecule has 1 aromatic rings. The van der Waals surface area contributed by atoms with Crippen LogP contribution in [0.4, 0.5) is 5.69 Å². The van der Waals surface area contributed by atoms with Crippen molar-refractivity contribution in [1.82, 2.24) is 16.0 Å². The average molecular weight is 525 g/mol. The van der Waals surface area contributed by atoms with Crippen LogP contribution in [0.2, 0.25) is 0 Å². The van der Waals surface area contributed by atoms with E-state index < -0.39 is 59.1 Å². The number of hydrogen-bond donors (Lipinski definition) is 6. The van der Waals surface area contributed by atoms with Crippen molar-refractivity contribution in [1.29, 1.82) is 0 Å². The largest absolute Gasteiger partial charge is 0.481 e. The number of thioether (sulfide) groups is 1. The molecule has 0 aromatic heterocycles. The molecule has 0 aliphatic carbocycles. The molecule has 1 aliphatic rings. The SMILES string of the molecule is NCCCC[C@@H]1NC(=O)[C@H](CCC(=O)O)NC(=O)c2cc([N+](=O)[O-])ccc2SCC(C(N)=O)NC1=O. The van der Waals surface area contributed by atoms with Gasteiger partial charge in [-0.1, -0.05) is 0 Å². The summed E-state index contributed by atoms with van der Waals surface area (Å²) in [5, 5.41) is 27.8. The zero-order valence-corrected chi connectivity index (χ0v) is 20.0. The molecule has 0 saturated carbocycles. The number of nitrogens with zero attached hydrogens (tertiary/aromatic N) is 1. The number of hydrogen-bond acceptors (Lipinski definition) is 9. The lowest BCUT2D eigenvalue weighted by molar-refractivity contribution is -0.384. The van der Waals surface area contributed by atoms with Crippen LogP contribution < -0.4 is 27.4 Å². The number of nitro groups is 1. The van der Waals surface area contributed by atoms with Crippen LogP contribution in [0.1, 0.15) is 42.5 Å². The Hall–Kier alpha value is -3.72. The number of primary amides is 1. The lowest BCUT2D eigenvalue weighted by Crippen LogP contribution is -2.56. The number of rotatable bonds is 9. The van der Waals surface area contributed by atoms with E-state index in [1.165, 1.54) is 6.07 Å². The predicted octanol–water partition coefficient (Wildman–Crippen LogP) is -0.752. The Kier molecular flexibility index (Phi) is 10.6. The van der Waals surface area contributed by atoms with Gasteiger partial charge in [0.05, 0.1) is 10.5 Å². The second-order valence-electron chi connectivity index (χ2n) is 8.02. The molecule has 1 aromatic carbocycles. The standard InChI is InChI=1S/C21H28N6O8S/c22-8-2-1-3-13-20(32)26-15(18(23)30)10-36-16-6-4-11(27(34)35)9-12(16)19(31)24-14(21(33)25-13)5-7-17(28)29/h4,6,9,13-15H,1-3,5,7-8,10,22H2,(H2,23,30)(H,24,31)(H,25,33)(H,26,32)(H,28,29)/t13-,14-,15?/m0/s1. The maximum Gasteiger partial charge on any atom is 0.303 e. The van der Waals surface area contributed by atoms with Crippen molar-refractivity contribution in [3.63, 3.8) is 0 Å². The molecule has 8 N–H and O–H groups in total. The number of amides is 4. The minimum absolute atomic E-state index is 0.0922. The third-order valence-corrected chi connectivity index (χ3v) is 6.50. The van der Waals surface area contributed by atoms with Crippen LogP contribution in [0, 0.1) is 10.1 Å². The first kappa shape index (κ1) is 28.5. The summed E-state index contributed by atoms with van der Waals surface area (Å²) in [4.78, 5) is 73.0. The van der Waals surface area contributed by atoms with Crippen LogP contribution in [0.3, 0.4) is 0 Å². The van der Waals surface area contributed by atoms with Gasteiger partial charge in [0.15, 0.2) is 0 Å². The molecule has 0 bridgehead atoms. The summed E-state index contributed by atoms with van der Waals surface area (Å²) in [7, 11) is 0. The molecule has 0 spiro atoms. The van der Waals surface area contributed by atoms with E-state index in [0.717, 1.165) is 23.9 Å². The number of carbonyl (C=O) groups is 5. The maximum atomic E-state index is 13.1. The van der Waals surface area contributed by atoms with Gasteiger partial charge in [-0.2, -0.15) is 0 Å². The molecule has 0 radical (unpaired) electrons. The van der Waals surface area contributed by atoms with E-state index in [1.54, 1.807) is 0 Å². The predicted molar refractivity (Wildman–Crippen MR) is 128 cm³/mol. The van der Waals surface area contributed by atoms with Crippen LogP contribution in [0.5, 0.6) is 0 Å². The number of nitrogens with one attached hydrogen (secondary N) is 3. The van der Waals surface area contributed by atoms with E-state index in [0.29, 0.717) is 19.4 Å². The third-order valence-electron chi connectivity index (χ3n) is 5.33. The molecule has 15 heteroatoms. The van der Waals surface area contributed by atoms with E-state index in [2.05, 4.69) is 16.0 Å². The Morgan fingerprint density at radius 1 is 1.08 bits per heavy atom. The fourth-order valence-electron chi connectivity index (χ4n) is 3.38. The molecule has 3 atom stereocenters. The molecule has 1 heterocycles. The molecule has 1 aliphatic heterocycles. The van der Waals surface area contributed by atoms with E-state index in [4.69, 9.17) is 16.6 Å². The number of benzene rings is 1. The monoisotopic (exact) mass is 524 g/mol. The summed E-state index contributed by atoms with van der Waals surface area (Å²) >= 11 is 0.959. The van der Waals surface area contributed by atoms with Gasteiger partial charge in [0.2, 0.25) is 17.7 Å². The Balaban J connectivity index is 2.50. The highest BCUT2D eigenvalue weighted by atomic mass is 32.2. The van der Waals surface area contributed by atoms with Gasteiger partial charge in [0.25, 0.3) is 11.6 Å². The number of aliphatic carboxylic acids is 1. The molecule has 196 valence electrons. The number of nitrogens with two attached hydrogens (primary N) is 2. The number of non-ortho nitro benzene ring substituents is 1. The first-order valence-electron chi connectivity index (χ1n) is 11.1. The number of unbranched alkanes of at least 4 members (excludes halogenated alkanes) is 1. The highest BCUT2D eigenvalue weighted by Crippen LogP contribution is 2.28. The number of carboxylic acid groups (broad SMARTS) is 1. The first-order valence-corrected chi connectivity index (χ1v) is 12.1. The molecular formula is C21H28N6O8S. The normalized spacial score (nSPS) is 20.9. The van der Waals surface area contributed by atoms with E-state index in [9.17, 15) is 34.1 Å². The lowest BCUT2D eigenvalue weighted by atomic mass is 10.1. The van der Waals surface area contributed by atoms with Crippen molar-refractivity contribution in [2.45, 2.75) is 55.1 Å². The van der Waals surface area contributed by atoms with Gasteiger partial charge in [0, 0.05) is 29.2 Å². The van der Waals surface area contributed by atoms with Crippen molar-refractivity contribution in [3.05, 3.63) is 33.9 Å². The number of carbonyl (C=O) groups excluding carboxylic acids is 4. The number of nitro benzene ring substituents is 1. The average Bonchev–Trinajstić information content (AvgIpc) is 2.82. The second-order valence-corrected chi connectivity index (χ2v) is 9.08. The molecular weight excluding hydrogens is 496 g/mol. The van der Waals surface area contributed by atoms with E-state index in [1.807, 2.05) is 0 Å². The van der Waals surface area contributed by atoms with Crippen LogP contribution in [-0.4, -0.2) is 70.1 Å². The van der Waals surface area contributed by atoms with Crippen molar-refractivity contribution < 1.29 is 34.0 Å². The molecule has 36 heavy (non-hydrogen) atoms. The molecule has 14 nitrogen and oxygen atoms in total. The zero-order valence-electron chi connectivity index (χ0n) is 19.2. The van der Waals surface area contributed by atoms with Crippen LogP contribution in [0.15, 0.2) is 23.1 Å². The molecule has 0 saturated heterocycles. The van der Waals surface area contributed by atoms with Gasteiger partial charge in [-0.15, -0.1) is 11.8 Å². The summed E-state index contributed by atoms with van der Waals surface area (Å²) in [6.45, 7) is 0.352. The Bertz CT molecular complexity index is 1040. The maximum absolute atomic E-state index is 13.1. The van der Waals surface area contributed by atoms with Gasteiger partial charge in [0.1, 0.15) is 18.1 Å². The minimum atomic E-state index is -1.36. The minimum Gasteiger partial charge on any atom is -0.481 e. The molecule has 1 unspecified atom stereocenters. The van der Waals surface area contributed by atoms with E-state index >= 15 is 0 Å². The smallest absolute Gasteiger partial charge is 0.303 e. The Morgan fingerprint density at radius 2 is 1.75 bits per heavy atom. The number of carboxylic acids is 1. The first-order chi connectivity index (χ1) is 17.0. The Morgan fingerprint density at radius 3 is 2.36 bits per heavy atom. The van der Waals surface area contributed by atoms with Gasteiger partial charge < -0.3 is 32.5 Å². The van der Waals surface area contributed by atoms with Crippen molar-refractivity contribution in [2.75, 3.05) is 12.3 Å². The second kappa shape index (κ2) is 13.4. The van der Waals surface area contributed by atoms with E-state index in [-0.39, 0.29) is 34.7 Å². The van der Waals surface area contributed by atoms with Crippen LogP contribution in [0.25, 0.3) is 0 Å². The summed E-state index contributed by atoms with van der Waals surface area (Å²) in [6.07, 6.45) is 0.418. The number of fused-ring (bicyclic) bond motifs is 1. The van der Waals surface area contributed by atoms with Gasteiger partial charge in [-0.05, 0) is 38.3 Å². The fraction of sp³-hybridized carbons (Fsp3) is 0.476. The Labute approximate surface area is 210 Å². The zero-order chi connectivity index (χ0) is 26.8. The van der Waals surface area contributed by atoms with Gasteiger partial charge in [-0.3, -0.25) is 34.1 Å². The highest BCUT2D eigenvalue weighted by molar-refractivity contribution is 7.99. The summed E-state index contributed by atoms with van der Waals surface area (Å²) in [5.74, 6) is -4.53. The van der Waals surface area contributed by atoms with Gasteiger partial charge in [-0.25, -0.2) is 0 Å². The summed E-state index contributed by atoms with van der Waals surface area (Å²) in [5.41, 5.74) is 10.4. The summed E-state index contributed by atoms with van der Waals surface area (Å²) < 4.78 is 0. The molecule has 0 fully saturated rings. The van der Waals surface area contributed by atoms with Crippen LogP contribution >= 0.6 is 11.8 Å². The van der Waals surface area contributed by atoms with Crippen molar-refractivity contribution in [3.8, 4) is 0 Å². The van der Waals surface area contributed by atoms with Crippen molar-refractivity contribution >= 4 is 47.0 Å². The quantitative estimate of drug-likeness (QED) is 0.134. The topological polar surface area (TPSA) is 237 Å². The summed E-state index contributed by atoms with van der Waals surface area (Å²) in [6, 6.07) is -0.161. The van der Waals surface area contributed by atoms with Gasteiger partial charge >= 0.3 is 5.97 Å². The third kappa shape index (κ3) is 8.20. The highest BCUT2D eigenvalue weighted by Gasteiger charge is 2.31. The molecule has 4 amide bonds.